The van der Waals surface area contributed by atoms with Gasteiger partial charge in [0.2, 0.25) is 0 Å². The normalized spacial score (nSPS) is 12.0. The maximum Gasteiger partial charge on any atom is 0.159 e. The summed E-state index contributed by atoms with van der Waals surface area (Å²) in [7, 11) is 0. The topological polar surface area (TPSA) is 23.0 Å². The molecule has 0 aliphatic heterocycles. The van der Waals surface area contributed by atoms with Gasteiger partial charge in [0.15, 0.2) is 5.58 Å². The maximum atomic E-state index is 6.63. The first-order chi connectivity index (χ1) is 27.3. The Labute approximate surface area is 316 Å². The van der Waals surface area contributed by atoms with Crippen molar-refractivity contribution in [2.75, 3.05) is 0 Å². The first kappa shape index (κ1) is 30.1. The summed E-state index contributed by atoms with van der Waals surface area (Å²) in [5.41, 5.74) is 13.5. The van der Waals surface area contributed by atoms with E-state index in [4.69, 9.17) is 4.42 Å². The summed E-state index contributed by atoms with van der Waals surface area (Å²) in [6.07, 6.45) is 0. The van der Waals surface area contributed by atoms with E-state index in [9.17, 15) is 0 Å². The van der Waals surface area contributed by atoms with Crippen molar-refractivity contribution < 1.29 is 4.42 Å². The largest absolute Gasteiger partial charge is 0.454 e. The van der Waals surface area contributed by atoms with Gasteiger partial charge in [-0.1, -0.05) is 140 Å². The molecule has 12 aromatic rings. The van der Waals surface area contributed by atoms with Crippen molar-refractivity contribution in [3.8, 4) is 33.6 Å². The molecular formula is C52H32N2O. The summed E-state index contributed by atoms with van der Waals surface area (Å²) < 4.78 is 11.4. The molecule has 0 bridgehead atoms. The monoisotopic (exact) mass is 700 g/mol. The summed E-state index contributed by atoms with van der Waals surface area (Å²) in [6.45, 7) is 0. The first-order valence-electron chi connectivity index (χ1n) is 18.8. The Bertz CT molecular complexity index is 3490. The smallest absolute Gasteiger partial charge is 0.159 e. The molecule has 0 spiro atoms. The number of furan rings is 1. The number of hydrogen-bond donors (Lipinski definition) is 0. The molecule has 12 rings (SSSR count). The zero-order chi connectivity index (χ0) is 36.0. The van der Waals surface area contributed by atoms with Crippen LogP contribution in [-0.4, -0.2) is 9.13 Å². The Morgan fingerprint density at radius 1 is 0.327 bits per heavy atom. The van der Waals surface area contributed by atoms with Crippen molar-refractivity contribution >= 4 is 76.3 Å². The molecule has 0 saturated heterocycles. The molecule has 256 valence electrons. The average Bonchev–Trinajstić information content (AvgIpc) is 3.91. The van der Waals surface area contributed by atoms with E-state index in [-0.39, 0.29) is 0 Å². The third kappa shape index (κ3) is 4.44. The van der Waals surface area contributed by atoms with Crippen molar-refractivity contribution in [2.45, 2.75) is 0 Å². The molecule has 3 aromatic heterocycles. The molecule has 0 atom stereocenters. The van der Waals surface area contributed by atoms with E-state index in [1.165, 1.54) is 71.1 Å². The predicted molar refractivity (Wildman–Crippen MR) is 231 cm³/mol. The zero-order valence-corrected chi connectivity index (χ0v) is 29.8. The predicted octanol–water partition coefficient (Wildman–Crippen LogP) is 14.3. The lowest BCUT2D eigenvalue weighted by molar-refractivity contribution is 0.666. The van der Waals surface area contributed by atoms with Gasteiger partial charge in [-0.25, -0.2) is 0 Å². The van der Waals surface area contributed by atoms with Gasteiger partial charge in [-0.05, 0) is 82.2 Å². The van der Waals surface area contributed by atoms with E-state index < -0.39 is 0 Å². The van der Waals surface area contributed by atoms with Crippen LogP contribution >= 0.6 is 0 Å². The van der Waals surface area contributed by atoms with Crippen molar-refractivity contribution in [3.63, 3.8) is 0 Å². The number of nitrogens with zero attached hydrogens (tertiary/aromatic N) is 2. The van der Waals surface area contributed by atoms with Crippen molar-refractivity contribution in [1.82, 2.24) is 9.13 Å². The summed E-state index contributed by atoms with van der Waals surface area (Å²) in [4.78, 5) is 0. The number of fused-ring (bicyclic) bond motifs is 11. The number of aromatic nitrogens is 2. The number of rotatable bonds is 4. The van der Waals surface area contributed by atoms with Gasteiger partial charge in [-0.2, -0.15) is 0 Å². The number of benzene rings is 9. The van der Waals surface area contributed by atoms with Crippen LogP contribution in [0.1, 0.15) is 0 Å². The Balaban J connectivity index is 1.08. The van der Waals surface area contributed by atoms with Crippen LogP contribution in [0.4, 0.5) is 0 Å². The second-order valence-corrected chi connectivity index (χ2v) is 14.5. The van der Waals surface area contributed by atoms with E-state index in [0.717, 1.165) is 38.8 Å². The van der Waals surface area contributed by atoms with Gasteiger partial charge in [-0.3, -0.25) is 0 Å². The van der Waals surface area contributed by atoms with E-state index in [0.29, 0.717) is 0 Å². The average molecular weight is 701 g/mol. The van der Waals surface area contributed by atoms with Crippen LogP contribution in [0.2, 0.25) is 0 Å². The summed E-state index contributed by atoms with van der Waals surface area (Å²) in [5, 5.41) is 9.61. The Hall–Kier alpha value is -7.36. The number of hydrogen-bond acceptors (Lipinski definition) is 1. The molecule has 55 heavy (non-hydrogen) atoms. The molecule has 0 unspecified atom stereocenters. The van der Waals surface area contributed by atoms with Gasteiger partial charge < -0.3 is 13.6 Å². The lowest BCUT2D eigenvalue weighted by Gasteiger charge is -2.11. The molecule has 3 heterocycles. The highest BCUT2D eigenvalue weighted by Crippen LogP contribution is 2.42. The molecule has 0 saturated carbocycles. The molecule has 0 fully saturated rings. The van der Waals surface area contributed by atoms with Gasteiger partial charge in [0.1, 0.15) is 5.58 Å². The highest BCUT2D eigenvalue weighted by molar-refractivity contribution is 6.20. The van der Waals surface area contributed by atoms with Crippen molar-refractivity contribution in [2.24, 2.45) is 0 Å². The molecule has 0 aliphatic rings. The second-order valence-electron chi connectivity index (χ2n) is 14.5. The van der Waals surface area contributed by atoms with Crippen LogP contribution < -0.4 is 0 Å². The Morgan fingerprint density at radius 3 is 1.80 bits per heavy atom. The fourth-order valence-corrected chi connectivity index (χ4v) is 9.00. The summed E-state index contributed by atoms with van der Waals surface area (Å²) in [5.74, 6) is 0. The van der Waals surface area contributed by atoms with Crippen LogP contribution in [0.5, 0.6) is 0 Å². The molecule has 0 amide bonds. The lowest BCUT2D eigenvalue weighted by Crippen LogP contribution is -1.95. The maximum absolute atomic E-state index is 6.63. The Morgan fingerprint density at radius 2 is 0.945 bits per heavy atom. The zero-order valence-electron chi connectivity index (χ0n) is 29.8. The van der Waals surface area contributed by atoms with Gasteiger partial charge in [0.05, 0.1) is 27.8 Å². The molecule has 3 nitrogen and oxygen atoms in total. The molecule has 3 heteroatoms. The quantitative estimate of drug-likeness (QED) is 0.179. The van der Waals surface area contributed by atoms with Crippen molar-refractivity contribution in [1.29, 1.82) is 0 Å². The minimum absolute atomic E-state index is 0.899. The number of para-hydroxylation sites is 3. The minimum Gasteiger partial charge on any atom is -0.454 e. The van der Waals surface area contributed by atoms with E-state index in [1.54, 1.807) is 0 Å². The van der Waals surface area contributed by atoms with Crippen LogP contribution in [0.25, 0.3) is 110 Å². The van der Waals surface area contributed by atoms with Gasteiger partial charge in [0.25, 0.3) is 0 Å². The SMILES string of the molecule is c1ccc(-c2cccc(-n3c4ccccc4c4cc(-c5ccc6c(c5)c5ccc7ccccc7c5n6-c5cccc6c5oc5ccccc56)ccc43)c2)cc1. The highest BCUT2D eigenvalue weighted by Gasteiger charge is 2.20. The molecule has 0 aliphatic carbocycles. The fraction of sp³-hybridized carbons (Fsp3) is 0. The van der Waals surface area contributed by atoms with Crippen LogP contribution in [0.3, 0.4) is 0 Å². The van der Waals surface area contributed by atoms with Gasteiger partial charge in [-0.15, -0.1) is 0 Å². The third-order valence-electron chi connectivity index (χ3n) is 11.5. The molecule has 9 aromatic carbocycles. The fourth-order valence-electron chi connectivity index (χ4n) is 9.00. The Kier molecular flexibility index (Phi) is 6.34. The van der Waals surface area contributed by atoms with Gasteiger partial charge >= 0.3 is 0 Å². The van der Waals surface area contributed by atoms with Crippen molar-refractivity contribution in [3.05, 3.63) is 194 Å². The van der Waals surface area contributed by atoms with E-state index in [1.807, 2.05) is 6.07 Å². The van der Waals surface area contributed by atoms with Crippen LogP contribution in [0, 0.1) is 0 Å². The highest BCUT2D eigenvalue weighted by atomic mass is 16.3. The summed E-state index contributed by atoms with van der Waals surface area (Å²) in [6, 6.07) is 70.2. The standard InChI is InChI=1S/C52H32N2O/c1-2-12-33(13-3-1)35-15-10-16-38(30-35)53-46-21-8-6-18-40(46)44-31-36(25-28-47(44)53)37-26-29-48-45(32-37)42-27-24-34-14-4-5-17-39(34)51(42)54(48)49-22-11-20-43-41-19-7-9-23-50(41)55-52(43)49/h1-32H. The van der Waals surface area contributed by atoms with Crippen LogP contribution in [-0.2, 0) is 0 Å². The second kappa shape index (κ2) is 11.6. The van der Waals surface area contributed by atoms with E-state index >= 15 is 0 Å². The molecule has 0 radical (unpaired) electrons. The molecule has 0 N–H and O–H groups in total. The first-order valence-corrected chi connectivity index (χ1v) is 18.8. The lowest BCUT2D eigenvalue weighted by atomic mass is 10.00. The van der Waals surface area contributed by atoms with E-state index in [2.05, 4.69) is 197 Å². The summed E-state index contributed by atoms with van der Waals surface area (Å²) >= 11 is 0. The van der Waals surface area contributed by atoms with Crippen LogP contribution in [0.15, 0.2) is 199 Å². The molecular weight excluding hydrogens is 669 g/mol. The van der Waals surface area contributed by atoms with Gasteiger partial charge in [0, 0.05) is 43.4 Å². The minimum atomic E-state index is 0.899. The third-order valence-corrected chi connectivity index (χ3v) is 11.5.